The molecule has 0 fully saturated rings. The van der Waals surface area contributed by atoms with Crippen LogP contribution in [0, 0.1) is 0 Å². The van der Waals surface area contributed by atoms with Gasteiger partial charge < -0.3 is 37.9 Å². The summed E-state index contributed by atoms with van der Waals surface area (Å²) in [7, 11) is 13.0. The van der Waals surface area contributed by atoms with Crippen molar-refractivity contribution < 1.29 is 37.9 Å². The molecule has 8 heteroatoms. The molecule has 0 heterocycles. The summed E-state index contributed by atoms with van der Waals surface area (Å²) in [6.07, 6.45) is 0.987. The average Bonchev–Trinajstić information content (AvgIpc) is 2.92. The van der Waals surface area contributed by atoms with Crippen molar-refractivity contribution in [2.45, 2.75) is 12.8 Å². The number of hydrogen-bond donors (Lipinski definition) is 0. The van der Waals surface area contributed by atoms with E-state index in [1.54, 1.807) is 56.9 Å². The molecule has 3 rings (SSSR count). The Bertz CT molecular complexity index is 1050. The maximum absolute atomic E-state index is 5.73. The standard InChI is InChI=1S/C28H34O8/c1-29-19-12-25(33-5)21(26(13-19)34-6)10-17-9-18(24(32-4)16-23(17)31-3)11-22-27(35-7)14-20(30-2)15-28(22)36-8/h9,12-16H,10-11H2,1-8H3. The van der Waals surface area contributed by atoms with Crippen LogP contribution in [0.15, 0.2) is 36.4 Å². The first-order chi connectivity index (χ1) is 17.5. The third-order valence-electron chi connectivity index (χ3n) is 6.05. The van der Waals surface area contributed by atoms with Crippen molar-refractivity contribution in [2.75, 3.05) is 56.9 Å². The first-order valence-electron chi connectivity index (χ1n) is 11.3. The monoisotopic (exact) mass is 498 g/mol. The topological polar surface area (TPSA) is 73.8 Å². The molecule has 0 saturated carbocycles. The van der Waals surface area contributed by atoms with Crippen molar-refractivity contribution in [3.8, 4) is 46.0 Å². The van der Waals surface area contributed by atoms with E-state index in [2.05, 4.69) is 6.07 Å². The molecule has 0 unspecified atom stereocenters. The summed E-state index contributed by atoms with van der Waals surface area (Å²) in [5, 5.41) is 0. The molecule has 0 aliphatic heterocycles. The average molecular weight is 499 g/mol. The van der Waals surface area contributed by atoms with Gasteiger partial charge >= 0.3 is 0 Å². The highest BCUT2D eigenvalue weighted by Crippen LogP contribution is 2.41. The molecular weight excluding hydrogens is 464 g/mol. The molecule has 0 aliphatic carbocycles. The van der Waals surface area contributed by atoms with E-state index in [9.17, 15) is 0 Å². The van der Waals surface area contributed by atoms with Crippen molar-refractivity contribution in [3.63, 3.8) is 0 Å². The Morgan fingerprint density at radius 1 is 0.361 bits per heavy atom. The van der Waals surface area contributed by atoms with E-state index < -0.39 is 0 Å². The van der Waals surface area contributed by atoms with E-state index in [-0.39, 0.29) is 0 Å². The van der Waals surface area contributed by atoms with Crippen LogP contribution in [0.5, 0.6) is 46.0 Å². The Morgan fingerprint density at radius 3 is 0.917 bits per heavy atom. The van der Waals surface area contributed by atoms with E-state index in [4.69, 9.17) is 37.9 Å². The largest absolute Gasteiger partial charge is 0.496 e. The Hall–Kier alpha value is -3.94. The number of hydrogen-bond acceptors (Lipinski definition) is 8. The molecule has 0 aromatic heterocycles. The second kappa shape index (κ2) is 12.2. The minimum Gasteiger partial charge on any atom is -0.496 e. The smallest absolute Gasteiger partial charge is 0.129 e. The van der Waals surface area contributed by atoms with Crippen LogP contribution in [-0.4, -0.2) is 56.9 Å². The molecule has 0 bridgehead atoms. The van der Waals surface area contributed by atoms with Gasteiger partial charge in [-0.05, 0) is 17.2 Å². The van der Waals surface area contributed by atoms with Crippen molar-refractivity contribution in [1.82, 2.24) is 0 Å². The fourth-order valence-corrected chi connectivity index (χ4v) is 4.20. The normalized spacial score (nSPS) is 10.4. The zero-order valence-corrected chi connectivity index (χ0v) is 22.1. The summed E-state index contributed by atoms with van der Waals surface area (Å²) in [5.74, 6) is 5.29. The fraction of sp³-hybridized carbons (Fsp3) is 0.357. The quantitative estimate of drug-likeness (QED) is 0.348. The van der Waals surface area contributed by atoms with Gasteiger partial charge in [0, 0.05) is 54.3 Å². The highest BCUT2D eigenvalue weighted by molar-refractivity contribution is 5.58. The third kappa shape index (κ3) is 5.48. The Morgan fingerprint density at radius 2 is 0.667 bits per heavy atom. The summed E-state index contributed by atoms with van der Waals surface area (Å²) < 4.78 is 44.9. The minimum absolute atomic E-state index is 0.493. The summed E-state index contributed by atoms with van der Waals surface area (Å²) in [6.45, 7) is 0. The number of methoxy groups -OCH3 is 8. The number of benzene rings is 3. The lowest BCUT2D eigenvalue weighted by atomic mass is 9.95. The SMILES string of the molecule is COc1cc(OC)c(Cc2cc(Cc3c(OC)cc(OC)cc3OC)c(OC)cc2OC)c(OC)c1. The zero-order valence-electron chi connectivity index (χ0n) is 22.1. The Balaban J connectivity index is 2.14. The molecule has 0 radical (unpaired) electrons. The number of rotatable bonds is 12. The van der Waals surface area contributed by atoms with Gasteiger partial charge in [-0.15, -0.1) is 0 Å². The van der Waals surface area contributed by atoms with E-state index in [0.29, 0.717) is 58.8 Å². The maximum Gasteiger partial charge on any atom is 0.129 e. The molecule has 36 heavy (non-hydrogen) atoms. The summed E-state index contributed by atoms with van der Waals surface area (Å²) in [5.41, 5.74) is 3.60. The van der Waals surface area contributed by atoms with Gasteiger partial charge in [0.15, 0.2) is 0 Å². The van der Waals surface area contributed by atoms with Gasteiger partial charge in [0.25, 0.3) is 0 Å². The molecule has 3 aromatic rings. The molecule has 0 amide bonds. The van der Waals surface area contributed by atoms with Crippen LogP contribution < -0.4 is 37.9 Å². The minimum atomic E-state index is 0.493. The van der Waals surface area contributed by atoms with E-state index >= 15 is 0 Å². The van der Waals surface area contributed by atoms with Crippen LogP contribution in [0.1, 0.15) is 22.3 Å². The predicted molar refractivity (Wildman–Crippen MR) is 137 cm³/mol. The zero-order chi connectivity index (χ0) is 26.2. The first kappa shape index (κ1) is 26.7. The lowest BCUT2D eigenvalue weighted by Crippen LogP contribution is -2.04. The molecule has 0 saturated heterocycles. The Kier molecular flexibility index (Phi) is 9.00. The lowest BCUT2D eigenvalue weighted by Gasteiger charge is -2.20. The van der Waals surface area contributed by atoms with Crippen LogP contribution >= 0.6 is 0 Å². The van der Waals surface area contributed by atoms with Gasteiger partial charge in [0.1, 0.15) is 46.0 Å². The molecule has 3 aromatic carbocycles. The van der Waals surface area contributed by atoms with Gasteiger partial charge in [-0.25, -0.2) is 0 Å². The highest BCUT2D eigenvalue weighted by atomic mass is 16.5. The van der Waals surface area contributed by atoms with Crippen molar-refractivity contribution in [2.24, 2.45) is 0 Å². The molecule has 194 valence electrons. The van der Waals surface area contributed by atoms with Gasteiger partial charge in [-0.2, -0.15) is 0 Å². The first-order valence-corrected chi connectivity index (χ1v) is 11.3. The van der Waals surface area contributed by atoms with Crippen LogP contribution in [0.25, 0.3) is 0 Å². The molecule has 0 spiro atoms. The van der Waals surface area contributed by atoms with E-state index in [1.807, 2.05) is 30.3 Å². The lowest BCUT2D eigenvalue weighted by molar-refractivity contribution is 0.368. The maximum atomic E-state index is 5.73. The van der Waals surface area contributed by atoms with Crippen molar-refractivity contribution >= 4 is 0 Å². The van der Waals surface area contributed by atoms with Crippen molar-refractivity contribution in [1.29, 1.82) is 0 Å². The second-order valence-electron chi connectivity index (χ2n) is 7.85. The summed E-state index contributed by atoms with van der Waals surface area (Å²) in [6, 6.07) is 11.3. The summed E-state index contributed by atoms with van der Waals surface area (Å²) in [4.78, 5) is 0. The van der Waals surface area contributed by atoms with Crippen LogP contribution in [-0.2, 0) is 12.8 Å². The van der Waals surface area contributed by atoms with Gasteiger partial charge in [0.05, 0.1) is 56.9 Å². The summed E-state index contributed by atoms with van der Waals surface area (Å²) >= 11 is 0. The van der Waals surface area contributed by atoms with Gasteiger partial charge in [-0.3, -0.25) is 0 Å². The molecular formula is C28H34O8. The molecule has 0 N–H and O–H groups in total. The van der Waals surface area contributed by atoms with Gasteiger partial charge in [0.2, 0.25) is 0 Å². The van der Waals surface area contributed by atoms with Crippen LogP contribution in [0.2, 0.25) is 0 Å². The third-order valence-corrected chi connectivity index (χ3v) is 6.05. The molecule has 8 nitrogen and oxygen atoms in total. The van der Waals surface area contributed by atoms with E-state index in [0.717, 1.165) is 22.3 Å². The Labute approximate surface area is 212 Å². The second-order valence-corrected chi connectivity index (χ2v) is 7.85. The molecule has 0 atom stereocenters. The van der Waals surface area contributed by atoms with Crippen LogP contribution in [0.3, 0.4) is 0 Å². The number of ether oxygens (including phenoxy) is 8. The van der Waals surface area contributed by atoms with Crippen molar-refractivity contribution in [3.05, 3.63) is 58.7 Å². The fourth-order valence-electron chi connectivity index (χ4n) is 4.20. The van der Waals surface area contributed by atoms with Crippen LogP contribution in [0.4, 0.5) is 0 Å². The van der Waals surface area contributed by atoms with E-state index in [1.165, 1.54) is 0 Å². The predicted octanol–water partition coefficient (Wildman–Crippen LogP) is 4.94. The molecule has 0 aliphatic rings. The van der Waals surface area contributed by atoms with Gasteiger partial charge in [-0.1, -0.05) is 0 Å². The highest BCUT2D eigenvalue weighted by Gasteiger charge is 2.21.